The second-order valence-corrected chi connectivity index (χ2v) is 6.37. The van der Waals surface area contributed by atoms with Gasteiger partial charge in [0.2, 0.25) is 0 Å². The van der Waals surface area contributed by atoms with Crippen molar-refractivity contribution in [2.45, 2.75) is 33.3 Å². The molecule has 0 radical (unpaired) electrons. The lowest BCUT2D eigenvalue weighted by Gasteiger charge is -2.19. The Balaban J connectivity index is 2.34. The summed E-state index contributed by atoms with van der Waals surface area (Å²) in [4.78, 5) is 12.1. The van der Waals surface area contributed by atoms with Crippen LogP contribution in [0.25, 0.3) is 11.1 Å². The Bertz CT molecular complexity index is 759. The Labute approximate surface area is 143 Å². The average Bonchev–Trinajstić information content (AvgIpc) is 2.54. The Kier molecular flexibility index (Phi) is 5.31. The summed E-state index contributed by atoms with van der Waals surface area (Å²) in [6, 6.07) is 12.9. The second-order valence-electron chi connectivity index (χ2n) is 6.37. The molecule has 0 fully saturated rings. The Morgan fingerprint density at radius 3 is 2.33 bits per heavy atom. The normalized spacial score (nSPS) is 10.8. The molecule has 0 aliphatic rings. The minimum Gasteiger partial charge on any atom is -0.493 e. The smallest absolute Gasteiger partial charge is 0.338 e. The molecule has 0 spiro atoms. The van der Waals surface area contributed by atoms with Gasteiger partial charge in [0.15, 0.2) is 0 Å². The molecule has 124 valence electrons. The van der Waals surface area contributed by atoms with Gasteiger partial charge >= 0.3 is 5.97 Å². The molecule has 2 aromatic rings. The molecule has 3 heteroatoms. The van der Waals surface area contributed by atoms with Crippen molar-refractivity contribution in [3.05, 3.63) is 53.6 Å². The molecule has 2 rings (SSSR count). The van der Waals surface area contributed by atoms with Gasteiger partial charge in [-0.2, -0.15) is 0 Å². The van der Waals surface area contributed by atoms with Crippen LogP contribution in [0.3, 0.4) is 0 Å². The molecule has 0 amide bonds. The highest BCUT2D eigenvalue weighted by atomic mass is 16.6. The van der Waals surface area contributed by atoms with E-state index in [2.05, 4.69) is 5.92 Å². The monoisotopic (exact) mass is 322 g/mol. The molecule has 0 aliphatic carbocycles. The molecule has 3 nitrogen and oxygen atoms in total. The molecule has 0 atom stereocenters. The molecular weight excluding hydrogens is 300 g/mol. The van der Waals surface area contributed by atoms with Crippen LogP contribution in [0.15, 0.2) is 42.5 Å². The zero-order valence-corrected chi connectivity index (χ0v) is 14.6. The van der Waals surface area contributed by atoms with Gasteiger partial charge in [-0.1, -0.05) is 18.1 Å². The highest BCUT2D eigenvalue weighted by Crippen LogP contribution is 2.31. The molecule has 2 aromatic carbocycles. The van der Waals surface area contributed by atoms with Gasteiger partial charge in [0.1, 0.15) is 11.4 Å². The van der Waals surface area contributed by atoms with Crippen molar-refractivity contribution in [1.82, 2.24) is 0 Å². The van der Waals surface area contributed by atoms with Crippen LogP contribution < -0.4 is 4.74 Å². The first-order valence-corrected chi connectivity index (χ1v) is 7.91. The summed E-state index contributed by atoms with van der Waals surface area (Å²) in [6.45, 7) is 8.04. The largest absolute Gasteiger partial charge is 0.493 e. The fraction of sp³-hybridized carbons (Fsp3) is 0.286. The van der Waals surface area contributed by atoms with Gasteiger partial charge in [0, 0.05) is 11.1 Å². The summed E-state index contributed by atoms with van der Waals surface area (Å²) in [5.41, 5.74) is 2.62. The van der Waals surface area contributed by atoms with Crippen LogP contribution in [0.1, 0.15) is 43.6 Å². The van der Waals surface area contributed by atoms with E-state index in [-0.39, 0.29) is 5.97 Å². The zero-order valence-electron chi connectivity index (χ0n) is 14.6. The molecule has 0 aromatic heterocycles. The van der Waals surface area contributed by atoms with Crippen molar-refractivity contribution < 1.29 is 14.3 Å². The lowest BCUT2D eigenvalue weighted by atomic mass is 10.0. The SMILES string of the molecule is C#Cc1ccc(OCC)c(-c2ccc(C(=O)OC(C)(C)C)cc2)c1. The van der Waals surface area contributed by atoms with Crippen molar-refractivity contribution >= 4 is 5.97 Å². The van der Waals surface area contributed by atoms with Crippen molar-refractivity contribution in [2.24, 2.45) is 0 Å². The second kappa shape index (κ2) is 7.23. The predicted molar refractivity (Wildman–Crippen MR) is 96.2 cm³/mol. The number of ether oxygens (including phenoxy) is 2. The number of hydrogen-bond acceptors (Lipinski definition) is 3. The Morgan fingerprint density at radius 2 is 1.79 bits per heavy atom. The third kappa shape index (κ3) is 4.39. The quantitative estimate of drug-likeness (QED) is 0.605. The summed E-state index contributed by atoms with van der Waals surface area (Å²) in [7, 11) is 0. The first kappa shape index (κ1) is 17.6. The molecular formula is C21H22O3. The van der Waals surface area contributed by atoms with E-state index in [9.17, 15) is 4.79 Å². The van der Waals surface area contributed by atoms with Gasteiger partial charge in [-0.05, 0) is 63.6 Å². The van der Waals surface area contributed by atoms with Gasteiger partial charge in [-0.25, -0.2) is 4.79 Å². The topological polar surface area (TPSA) is 35.5 Å². The molecule has 0 heterocycles. The van der Waals surface area contributed by atoms with Crippen molar-refractivity contribution in [2.75, 3.05) is 6.61 Å². The maximum Gasteiger partial charge on any atom is 0.338 e. The van der Waals surface area contributed by atoms with Crippen molar-refractivity contribution in [3.63, 3.8) is 0 Å². The lowest BCUT2D eigenvalue weighted by Crippen LogP contribution is -2.23. The highest BCUT2D eigenvalue weighted by Gasteiger charge is 2.18. The van der Waals surface area contributed by atoms with Crippen molar-refractivity contribution in [1.29, 1.82) is 0 Å². The van der Waals surface area contributed by atoms with Crippen LogP contribution in [0.5, 0.6) is 5.75 Å². The van der Waals surface area contributed by atoms with Crippen LogP contribution in [0, 0.1) is 12.3 Å². The van der Waals surface area contributed by atoms with Crippen LogP contribution in [0.4, 0.5) is 0 Å². The van der Waals surface area contributed by atoms with E-state index in [0.717, 1.165) is 22.4 Å². The predicted octanol–water partition coefficient (Wildman–Crippen LogP) is 4.69. The molecule has 0 bridgehead atoms. The summed E-state index contributed by atoms with van der Waals surface area (Å²) in [5.74, 6) is 3.06. The fourth-order valence-corrected chi connectivity index (χ4v) is 2.25. The summed E-state index contributed by atoms with van der Waals surface area (Å²) in [5, 5.41) is 0. The average molecular weight is 322 g/mol. The van der Waals surface area contributed by atoms with Crippen LogP contribution in [0.2, 0.25) is 0 Å². The van der Waals surface area contributed by atoms with Crippen LogP contribution in [-0.4, -0.2) is 18.2 Å². The summed E-state index contributed by atoms with van der Waals surface area (Å²) < 4.78 is 11.1. The number of carbonyl (C=O) groups excluding carboxylic acids is 1. The van der Waals surface area contributed by atoms with Crippen LogP contribution >= 0.6 is 0 Å². The zero-order chi connectivity index (χ0) is 17.7. The van der Waals surface area contributed by atoms with Gasteiger partial charge in [-0.3, -0.25) is 0 Å². The standard InChI is InChI=1S/C21H22O3/c1-6-15-8-13-19(23-7-2)18(14-15)16-9-11-17(12-10-16)20(22)24-21(3,4)5/h1,8-14H,7H2,2-5H3. The molecule has 24 heavy (non-hydrogen) atoms. The van der Waals surface area contributed by atoms with E-state index >= 15 is 0 Å². The lowest BCUT2D eigenvalue weighted by molar-refractivity contribution is 0.00696. The molecule has 0 saturated heterocycles. The highest BCUT2D eigenvalue weighted by molar-refractivity contribution is 5.90. The van der Waals surface area contributed by atoms with E-state index in [0.29, 0.717) is 12.2 Å². The number of benzene rings is 2. The van der Waals surface area contributed by atoms with E-state index in [1.807, 2.05) is 58.0 Å². The minimum absolute atomic E-state index is 0.337. The molecule has 0 saturated carbocycles. The number of esters is 1. The van der Waals surface area contributed by atoms with E-state index < -0.39 is 5.60 Å². The Hall–Kier alpha value is -2.73. The van der Waals surface area contributed by atoms with Gasteiger partial charge in [0.05, 0.1) is 12.2 Å². The summed E-state index contributed by atoms with van der Waals surface area (Å²) >= 11 is 0. The maximum atomic E-state index is 12.1. The number of carbonyl (C=O) groups is 1. The number of terminal acetylenes is 1. The van der Waals surface area contributed by atoms with Gasteiger partial charge in [-0.15, -0.1) is 6.42 Å². The molecule has 0 N–H and O–H groups in total. The fourth-order valence-electron chi connectivity index (χ4n) is 2.25. The maximum absolute atomic E-state index is 12.1. The third-order valence-electron chi connectivity index (χ3n) is 3.28. The first-order chi connectivity index (χ1) is 11.3. The first-order valence-electron chi connectivity index (χ1n) is 7.91. The van der Waals surface area contributed by atoms with Gasteiger partial charge in [0.25, 0.3) is 0 Å². The van der Waals surface area contributed by atoms with E-state index in [1.54, 1.807) is 12.1 Å². The van der Waals surface area contributed by atoms with E-state index in [1.165, 1.54) is 0 Å². The van der Waals surface area contributed by atoms with E-state index in [4.69, 9.17) is 15.9 Å². The molecule has 0 unspecified atom stereocenters. The third-order valence-corrected chi connectivity index (χ3v) is 3.28. The minimum atomic E-state index is -0.515. The van der Waals surface area contributed by atoms with Crippen LogP contribution in [-0.2, 0) is 4.74 Å². The van der Waals surface area contributed by atoms with Crippen molar-refractivity contribution in [3.8, 4) is 29.2 Å². The van der Waals surface area contributed by atoms with Gasteiger partial charge < -0.3 is 9.47 Å². The summed E-state index contributed by atoms with van der Waals surface area (Å²) in [6.07, 6.45) is 5.49. The Morgan fingerprint density at radius 1 is 1.12 bits per heavy atom. The number of rotatable bonds is 4. The molecule has 0 aliphatic heterocycles. The number of hydrogen-bond donors (Lipinski definition) is 0.